The van der Waals surface area contributed by atoms with Gasteiger partial charge in [0.1, 0.15) is 12.1 Å². The Kier molecular flexibility index (Phi) is 7.56. The molecule has 156 valence electrons. The Labute approximate surface area is 177 Å². The van der Waals surface area contributed by atoms with E-state index in [0.29, 0.717) is 23.9 Å². The zero-order chi connectivity index (χ0) is 21.3. The summed E-state index contributed by atoms with van der Waals surface area (Å²) >= 11 is 1.41. The lowest BCUT2D eigenvalue weighted by Gasteiger charge is -2.09. The Hall–Kier alpha value is -3.20. The fraction of sp³-hybridized carbons (Fsp3) is 0.238. The highest BCUT2D eigenvalue weighted by Gasteiger charge is 2.11. The molecule has 0 aliphatic carbocycles. The summed E-state index contributed by atoms with van der Waals surface area (Å²) in [6.45, 7) is 2.38. The van der Waals surface area contributed by atoms with E-state index in [0.717, 1.165) is 17.2 Å². The van der Waals surface area contributed by atoms with Gasteiger partial charge < -0.3 is 10.6 Å². The predicted octanol–water partition coefficient (Wildman–Crippen LogP) is 3.35. The SMILES string of the molecule is Cc1ccc(CCC(=O)Nc2cc(F)cc(C(=O)NCCSc3ncn[nH]3)c2)cc1. The van der Waals surface area contributed by atoms with Gasteiger partial charge >= 0.3 is 0 Å². The number of anilines is 1. The topological polar surface area (TPSA) is 99.8 Å². The van der Waals surface area contributed by atoms with E-state index in [2.05, 4.69) is 25.8 Å². The number of aryl methyl sites for hydroxylation is 2. The highest BCUT2D eigenvalue weighted by molar-refractivity contribution is 7.99. The summed E-state index contributed by atoms with van der Waals surface area (Å²) in [7, 11) is 0. The molecule has 0 fully saturated rings. The lowest BCUT2D eigenvalue weighted by molar-refractivity contribution is -0.116. The van der Waals surface area contributed by atoms with Crippen LogP contribution in [0.3, 0.4) is 0 Å². The van der Waals surface area contributed by atoms with Gasteiger partial charge in [0.15, 0.2) is 5.16 Å². The number of rotatable bonds is 9. The largest absolute Gasteiger partial charge is 0.351 e. The Bertz CT molecular complexity index is 993. The summed E-state index contributed by atoms with van der Waals surface area (Å²) in [5.74, 6) is -0.662. The molecule has 0 saturated carbocycles. The van der Waals surface area contributed by atoms with Gasteiger partial charge in [-0.25, -0.2) is 9.37 Å². The number of amides is 2. The molecule has 0 atom stereocenters. The Morgan fingerprint density at radius 2 is 1.97 bits per heavy atom. The number of hydrogen-bond acceptors (Lipinski definition) is 5. The van der Waals surface area contributed by atoms with Gasteiger partial charge in [-0.2, -0.15) is 5.10 Å². The van der Waals surface area contributed by atoms with Gasteiger partial charge in [0, 0.05) is 30.0 Å². The zero-order valence-corrected chi connectivity index (χ0v) is 17.3. The van der Waals surface area contributed by atoms with E-state index in [1.165, 1.54) is 30.2 Å². The summed E-state index contributed by atoms with van der Waals surface area (Å²) in [5, 5.41) is 12.5. The van der Waals surface area contributed by atoms with E-state index in [9.17, 15) is 14.0 Å². The molecular formula is C21H22FN5O2S. The number of aromatic nitrogens is 3. The van der Waals surface area contributed by atoms with E-state index in [4.69, 9.17) is 0 Å². The lowest BCUT2D eigenvalue weighted by Crippen LogP contribution is -2.26. The maximum Gasteiger partial charge on any atom is 0.251 e. The number of nitrogens with zero attached hydrogens (tertiary/aromatic N) is 2. The van der Waals surface area contributed by atoms with Gasteiger partial charge in [0.2, 0.25) is 5.91 Å². The van der Waals surface area contributed by atoms with Crippen molar-refractivity contribution < 1.29 is 14.0 Å². The van der Waals surface area contributed by atoms with Crippen LogP contribution in [0.2, 0.25) is 0 Å². The van der Waals surface area contributed by atoms with Crippen molar-refractivity contribution in [3.63, 3.8) is 0 Å². The van der Waals surface area contributed by atoms with Crippen molar-refractivity contribution in [1.82, 2.24) is 20.5 Å². The maximum absolute atomic E-state index is 13.9. The summed E-state index contributed by atoms with van der Waals surface area (Å²) in [5.41, 5.74) is 2.61. The minimum absolute atomic E-state index is 0.147. The zero-order valence-electron chi connectivity index (χ0n) is 16.4. The van der Waals surface area contributed by atoms with Crippen molar-refractivity contribution in [3.8, 4) is 0 Å². The van der Waals surface area contributed by atoms with E-state index in [1.807, 2.05) is 31.2 Å². The van der Waals surface area contributed by atoms with Gasteiger partial charge in [-0.3, -0.25) is 14.7 Å². The average Bonchev–Trinajstić information content (AvgIpc) is 3.24. The molecule has 0 aliphatic heterocycles. The Morgan fingerprint density at radius 3 is 2.70 bits per heavy atom. The molecule has 1 aromatic heterocycles. The molecule has 3 aromatic rings. The molecule has 1 heterocycles. The molecule has 0 bridgehead atoms. The summed E-state index contributed by atoms with van der Waals surface area (Å²) in [6, 6.07) is 11.7. The first-order valence-electron chi connectivity index (χ1n) is 9.42. The van der Waals surface area contributed by atoms with E-state index in [1.54, 1.807) is 0 Å². The van der Waals surface area contributed by atoms with Gasteiger partial charge in [0.05, 0.1) is 0 Å². The van der Waals surface area contributed by atoms with E-state index < -0.39 is 11.7 Å². The van der Waals surface area contributed by atoms with Gasteiger partial charge in [-0.15, -0.1) is 0 Å². The van der Waals surface area contributed by atoms with Crippen molar-refractivity contribution in [2.45, 2.75) is 24.9 Å². The average molecular weight is 428 g/mol. The third-order valence-corrected chi connectivity index (χ3v) is 5.10. The van der Waals surface area contributed by atoms with Crippen LogP contribution >= 0.6 is 11.8 Å². The van der Waals surface area contributed by atoms with Crippen LogP contribution in [0.15, 0.2) is 53.9 Å². The van der Waals surface area contributed by atoms with Crippen molar-refractivity contribution in [1.29, 1.82) is 0 Å². The number of H-pyrrole nitrogens is 1. The third kappa shape index (κ3) is 6.70. The van der Waals surface area contributed by atoms with Crippen molar-refractivity contribution in [2.24, 2.45) is 0 Å². The number of benzene rings is 2. The minimum Gasteiger partial charge on any atom is -0.351 e. The van der Waals surface area contributed by atoms with Gasteiger partial charge in [-0.05, 0) is 37.1 Å². The molecule has 0 unspecified atom stereocenters. The monoisotopic (exact) mass is 427 g/mol. The van der Waals surface area contributed by atoms with Crippen LogP contribution in [0, 0.1) is 12.7 Å². The standard InChI is InChI=1S/C21H22FN5O2S/c1-14-2-4-15(5-3-14)6-7-19(28)26-18-11-16(10-17(22)12-18)20(29)23-8-9-30-21-24-13-25-27-21/h2-5,10-13H,6-9H2,1H3,(H,23,29)(H,26,28)(H,24,25,27). The van der Waals surface area contributed by atoms with Crippen molar-refractivity contribution in [3.05, 3.63) is 71.3 Å². The lowest BCUT2D eigenvalue weighted by atomic mass is 10.1. The van der Waals surface area contributed by atoms with Crippen LogP contribution in [-0.2, 0) is 11.2 Å². The molecule has 2 aromatic carbocycles. The molecule has 0 radical (unpaired) electrons. The Morgan fingerprint density at radius 1 is 1.17 bits per heavy atom. The van der Waals surface area contributed by atoms with Crippen LogP contribution in [0.25, 0.3) is 0 Å². The van der Waals surface area contributed by atoms with Crippen molar-refractivity contribution in [2.75, 3.05) is 17.6 Å². The fourth-order valence-electron chi connectivity index (χ4n) is 2.71. The maximum atomic E-state index is 13.9. The second kappa shape index (κ2) is 10.5. The summed E-state index contributed by atoms with van der Waals surface area (Å²) in [4.78, 5) is 28.5. The fourth-order valence-corrected chi connectivity index (χ4v) is 3.34. The number of halogens is 1. The molecule has 9 heteroatoms. The number of aromatic amines is 1. The highest BCUT2D eigenvalue weighted by atomic mass is 32.2. The van der Waals surface area contributed by atoms with Crippen LogP contribution in [0.5, 0.6) is 0 Å². The normalized spacial score (nSPS) is 10.6. The minimum atomic E-state index is -0.590. The second-order valence-electron chi connectivity index (χ2n) is 6.66. The molecule has 3 N–H and O–H groups in total. The van der Waals surface area contributed by atoms with Crippen LogP contribution in [0.4, 0.5) is 10.1 Å². The molecule has 0 spiro atoms. The number of carbonyl (C=O) groups excluding carboxylic acids is 2. The highest BCUT2D eigenvalue weighted by Crippen LogP contribution is 2.16. The molecule has 30 heavy (non-hydrogen) atoms. The number of nitrogens with one attached hydrogen (secondary N) is 3. The van der Waals surface area contributed by atoms with Crippen LogP contribution in [0.1, 0.15) is 27.9 Å². The number of thioether (sulfide) groups is 1. The Balaban J connectivity index is 1.50. The first-order valence-corrected chi connectivity index (χ1v) is 10.4. The molecule has 2 amide bonds. The second-order valence-corrected chi connectivity index (χ2v) is 7.74. The van der Waals surface area contributed by atoms with Gasteiger partial charge in [-0.1, -0.05) is 41.6 Å². The van der Waals surface area contributed by atoms with Crippen LogP contribution < -0.4 is 10.6 Å². The number of hydrogen-bond donors (Lipinski definition) is 3. The van der Waals surface area contributed by atoms with Crippen molar-refractivity contribution >= 4 is 29.3 Å². The number of carbonyl (C=O) groups is 2. The molecule has 3 rings (SSSR count). The van der Waals surface area contributed by atoms with Gasteiger partial charge in [0.25, 0.3) is 5.91 Å². The van der Waals surface area contributed by atoms with E-state index >= 15 is 0 Å². The smallest absolute Gasteiger partial charge is 0.251 e. The first-order chi connectivity index (χ1) is 14.5. The summed E-state index contributed by atoms with van der Waals surface area (Å²) in [6.07, 6.45) is 2.25. The first kappa shape index (κ1) is 21.5. The predicted molar refractivity (Wildman–Crippen MR) is 114 cm³/mol. The molecular weight excluding hydrogens is 405 g/mol. The quantitative estimate of drug-likeness (QED) is 0.359. The molecule has 7 nitrogen and oxygen atoms in total. The summed E-state index contributed by atoms with van der Waals surface area (Å²) < 4.78 is 13.9. The van der Waals surface area contributed by atoms with Crippen LogP contribution in [-0.4, -0.2) is 39.3 Å². The molecule has 0 saturated heterocycles. The molecule has 0 aliphatic rings. The third-order valence-electron chi connectivity index (χ3n) is 4.22. The van der Waals surface area contributed by atoms with E-state index in [-0.39, 0.29) is 23.6 Å².